The molecule has 1 unspecified atom stereocenters. The lowest BCUT2D eigenvalue weighted by Gasteiger charge is -2.12. The van der Waals surface area contributed by atoms with Gasteiger partial charge in [-0.3, -0.25) is 4.98 Å². The minimum absolute atomic E-state index is 0.297. The number of halogens is 2. The third-order valence-corrected chi connectivity index (χ3v) is 3.79. The molecule has 1 atom stereocenters. The number of pyridine rings is 1. The number of para-hydroxylation sites is 1. The topological polar surface area (TPSA) is 30.7 Å². The molecule has 0 spiro atoms. The number of imidazole rings is 1. The Hall–Kier alpha value is -1.94. The van der Waals surface area contributed by atoms with Crippen LogP contribution in [-0.4, -0.2) is 14.5 Å². The summed E-state index contributed by atoms with van der Waals surface area (Å²) in [4.78, 5) is 8.53. The molecule has 0 radical (unpaired) electrons. The lowest BCUT2D eigenvalue weighted by Crippen LogP contribution is -2.07. The van der Waals surface area contributed by atoms with Crippen molar-refractivity contribution in [1.29, 1.82) is 0 Å². The van der Waals surface area contributed by atoms with E-state index in [0.29, 0.717) is 17.9 Å². The SMILES string of the molecule is Cc1ccncc1Cn1c(C(C)Cl)nc2c(F)cccc21. The van der Waals surface area contributed by atoms with E-state index in [9.17, 15) is 4.39 Å². The van der Waals surface area contributed by atoms with Crippen LogP contribution in [0.15, 0.2) is 36.7 Å². The van der Waals surface area contributed by atoms with Gasteiger partial charge in [0.05, 0.1) is 17.4 Å². The molecule has 108 valence electrons. The van der Waals surface area contributed by atoms with E-state index in [1.807, 2.05) is 36.7 Å². The molecule has 0 N–H and O–H groups in total. The van der Waals surface area contributed by atoms with Gasteiger partial charge in [-0.25, -0.2) is 9.37 Å². The van der Waals surface area contributed by atoms with Crippen LogP contribution in [0.5, 0.6) is 0 Å². The molecule has 0 aliphatic carbocycles. The Kier molecular flexibility index (Phi) is 3.64. The Morgan fingerprint density at radius 1 is 1.33 bits per heavy atom. The minimum atomic E-state index is -0.326. The monoisotopic (exact) mass is 303 g/mol. The van der Waals surface area contributed by atoms with E-state index in [2.05, 4.69) is 9.97 Å². The van der Waals surface area contributed by atoms with E-state index < -0.39 is 0 Å². The molecule has 0 aliphatic heterocycles. The molecule has 3 rings (SSSR count). The number of fused-ring (bicyclic) bond motifs is 1. The van der Waals surface area contributed by atoms with Crippen LogP contribution < -0.4 is 0 Å². The lowest BCUT2D eigenvalue weighted by atomic mass is 10.1. The zero-order chi connectivity index (χ0) is 15.0. The highest BCUT2D eigenvalue weighted by atomic mass is 35.5. The number of hydrogen-bond donors (Lipinski definition) is 0. The van der Waals surface area contributed by atoms with Gasteiger partial charge in [0, 0.05) is 12.4 Å². The fraction of sp³-hybridized carbons (Fsp3) is 0.250. The highest BCUT2D eigenvalue weighted by molar-refractivity contribution is 6.20. The van der Waals surface area contributed by atoms with Crippen molar-refractivity contribution < 1.29 is 4.39 Å². The number of alkyl halides is 1. The molecule has 2 heterocycles. The first-order chi connectivity index (χ1) is 10.1. The molecule has 1 aromatic carbocycles. The summed E-state index contributed by atoms with van der Waals surface area (Å²) in [7, 11) is 0. The van der Waals surface area contributed by atoms with Crippen LogP contribution in [0.1, 0.15) is 29.3 Å². The van der Waals surface area contributed by atoms with E-state index in [0.717, 1.165) is 16.6 Å². The summed E-state index contributed by atoms with van der Waals surface area (Å²) < 4.78 is 15.9. The summed E-state index contributed by atoms with van der Waals surface area (Å²) in [6.07, 6.45) is 3.58. The fourth-order valence-electron chi connectivity index (χ4n) is 2.43. The average Bonchev–Trinajstić information content (AvgIpc) is 2.82. The van der Waals surface area contributed by atoms with Crippen LogP contribution in [0.3, 0.4) is 0 Å². The van der Waals surface area contributed by atoms with Crippen LogP contribution >= 0.6 is 11.6 Å². The van der Waals surface area contributed by atoms with Crippen molar-refractivity contribution >= 4 is 22.6 Å². The zero-order valence-corrected chi connectivity index (χ0v) is 12.6. The lowest BCUT2D eigenvalue weighted by molar-refractivity contribution is 0.637. The normalized spacial score (nSPS) is 12.8. The van der Waals surface area contributed by atoms with Gasteiger partial charge in [-0.2, -0.15) is 0 Å². The van der Waals surface area contributed by atoms with Gasteiger partial charge in [-0.05, 0) is 43.2 Å². The van der Waals surface area contributed by atoms with E-state index >= 15 is 0 Å². The summed E-state index contributed by atoms with van der Waals surface area (Å²) in [5.41, 5.74) is 3.32. The largest absolute Gasteiger partial charge is 0.322 e. The molecule has 0 aliphatic rings. The second-order valence-electron chi connectivity index (χ2n) is 5.08. The first-order valence-electron chi connectivity index (χ1n) is 6.76. The highest BCUT2D eigenvalue weighted by Crippen LogP contribution is 2.27. The summed E-state index contributed by atoms with van der Waals surface area (Å²) >= 11 is 6.22. The molecule has 5 heteroatoms. The quantitative estimate of drug-likeness (QED) is 0.678. The number of hydrogen-bond acceptors (Lipinski definition) is 2. The van der Waals surface area contributed by atoms with Gasteiger partial charge in [-0.1, -0.05) is 6.07 Å². The maximum Gasteiger partial charge on any atom is 0.151 e. The van der Waals surface area contributed by atoms with Crippen molar-refractivity contribution in [1.82, 2.24) is 14.5 Å². The number of benzene rings is 1. The van der Waals surface area contributed by atoms with Crippen molar-refractivity contribution in [3.63, 3.8) is 0 Å². The molecule has 3 aromatic rings. The second kappa shape index (κ2) is 5.45. The van der Waals surface area contributed by atoms with Crippen molar-refractivity contribution in [3.8, 4) is 0 Å². The molecule has 0 saturated carbocycles. The molecule has 0 fully saturated rings. The number of nitrogens with zero attached hydrogens (tertiary/aromatic N) is 3. The van der Waals surface area contributed by atoms with Gasteiger partial charge in [0.2, 0.25) is 0 Å². The Bertz CT molecular complexity index is 795. The third kappa shape index (κ3) is 2.51. The van der Waals surface area contributed by atoms with Crippen molar-refractivity contribution in [2.24, 2.45) is 0 Å². The van der Waals surface area contributed by atoms with Gasteiger partial charge in [-0.15, -0.1) is 11.6 Å². The number of aryl methyl sites for hydroxylation is 1. The Morgan fingerprint density at radius 2 is 2.14 bits per heavy atom. The molecule has 2 aromatic heterocycles. The summed E-state index contributed by atoms with van der Waals surface area (Å²) in [6, 6.07) is 6.92. The predicted octanol–water partition coefficient (Wildman–Crippen LogP) is 4.23. The summed E-state index contributed by atoms with van der Waals surface area (Å²) in [6.45, 7) is 4.44. The molecular weight excluding hydrogens is 289 g/mol. The van der Waals surface area contributed by atoms with Crippen LogP contribution in [0.25, 0.3) is 11.0 Å². The van der Waals surface area contributed by atoms with Gasteiger partial charge in [0.1, 0.15) is 11.3 Å². The van der Waals surface area contributed by atoms with Crippen LogP contribution in [0.2, 0.25) is 0 Å². The second-order valence-corrected chi connectivity index (χ2v) is 5.74. The first kappa shape index (κ1) is 14.0. The maximum atomic E-state index is 13.9. The molecule has 0 bridgehead atoms. The first-order valence-corrected chi connectivity index (χ1v) is 7.19. The average molecular weight is 304 g/mol. The molecule has 0 saturated heterocycles. The van der Waals surface area contributed by atoms with E-state index in [1.54, 1.807) is 12.3 Å². The fourth-order valence-corrected chi connectivity index (χ4v) is 2.60. The van der Waals surface area contributed by atoms with Gasteiger partial charge in [0.15, 0.2) is 5.82 Å². The van der Waals surface area contributed by atoms with E-state index in [1.165, 1.54) is 6.07 Å². The van der Waals surface area contributed by atoms with Gasteiger partial charge in [0.25, 0.3) is 0 Å². The molecule has 3 nitrogen and oxygen atoms in total. The maximum absolute atomic E-state index is 13.9. The van der Waals surface area contributed by atoms with Crippen LogP contribution in [0, 0.1) is 12.7 Å². The minimum Gasteiger partial charge on any atom is -0.322 e. The summed E-state index contributed by atoms with van der Waals surface area (Å²) in [5, 5.41) is -0.297. The molecular formula is C16H15ClFN3. The van der Waals surface area contributed by atoms with Crippen LogP contribution in [0.4, 0.5) is 4.39 Å². The van der Waals surface area contributed by atoms with Crippen molar-refractivity contribution in [3.05, 3.63) is 59.4 Å². The summed E-state index contributed by atoms with van der Waals surface area (Å²) in [5.74, 6) is 0.341. The number of rotatable bonds is 3. The zero-order valence-electron chi connectivity index (χ0n) is 11.8. The smallest absolute Gasteiger partial charge is 0.151 e. The Balaban J connectivity index is 2.19. The highest BCUT2D eigenvalue weighted by Gasteiger charge is 2.17. The van der Waals surface area contributed by atoms with Crippen LogP contribution in [-0.2, 0) is 6.54 Å². The number of aromatic nitrogens is 3. The van der Waals surface area contributed by atoms with Crippen molar-refractivity contribution in [2.45, 2.75) is 25.8 Å². The molecule has 21 heavy (non-hydrogen) atoms. The standard InChI is InChI=1S/C16H15ClFN3/c1-10-6-7-19-8-12(10)9-21-14-5-3-4-13(18)15(14)20-16(21)11(2)17/h3-8,11H,9H2,1-2H3. The Morgan fingerprint density at radius 3 is 2.86 bits per heavy atom. The predicted molar refractivity (Wildman–Crippen MR) is 82.0 cm³/mol. The Labute approximate surface area is 127 Å². The van der Waals surface area contributed by atoms with Crippen molar-refractivity contribution in [2.75, 3.05) is 0 Å². The van der Waals surface area contributed by atoms with Gasteiger partial charge < -0.3 is 4.57 Å². The third-order valence-electron chi connectivity index (χ3n) is 3.59. The van der Waals surface area contributed by atoms with E-state index in [4.69, 9.17) is 11.6 Å². The van der Waals surface area contributed by atoms with Gasteiger partial charge >= 0.3 is 0 Å². The van der Waals surface area contributed by atoms with E-state index in [-0.39, 0.29) is 11.2 Å². The molecule has 0 amide bonds.